The number of rotatable bonds is 8. The molecule has 0 aliphatic carbocycles. The average Bonchev–Trinajstić information content (AvgIpc) is 2.12. The second kappa shape index (κ2) is 8.85. The Morgan fingerprint density at radius 1 is 1.38 bits per heavy atom. The van der Waals surface area contributed by atoms with Crippen LogP contribution in [0.4, 0.5) is 0 Å². The Bertz CT molecular complexity index is 111. The van der Waals surface area contributed by atoms with Gasteiger partial charge < -0.3 is 10.4 Å². The van der Waals surface area contributed by atoms with E-state index in [9.17, 15) is 0 Å². The highest BCUT2D eigenvalue weighted by atomic mass is 32.2. The third kappa shape index (κ3) is 7.35. The van der Waals surface area contributed by atoms with Crippen LogP contribution in [0.3, 0.4) is 0 Å². The number of thioether (sulfide) groups is 1. The van der Waals surface area contributed by atoms with Gasteiger partial charge in [0.25, 0.3) is 0 Å². The van der Waals surface area contributed by atoms with Gasteiger partial charge in [0.2, 0.25) is 0 Å². The van der Waals surface area contributed by atoms with E-state index >= 15 is 0 Å². The van der Waals surface area contributed by atoms with Gasteiger partial charge in [-0.2, -0.15) is 11.8 Å². The Morgan fingerprint density at radius 2 is 2.08 bits per heavy atom. The lowest BCUT2D eigenvalue weighted by molar-refractivity contribution is 0.228. The molecule has 0 spiro atoms. The van der Waals surface area contributed by atoms with Crippen LogP contribution in [0.1, 0.15) is 33.1 Å². The maximum atomic E-state index is 9.10. The van der Waals surface area contributed by atoms with Gasteiger partial charge in [0.15, 0.2) is 0 Å². The number of aliphatic hydroxyl groups is 1. The second-order valence-corrected chi connectivity index (χ2v) is 4.50. The van der Waals surface area contributed by atoms with Gasteiger partial charge in [-0.1, -0.05) is 13.3 Å². The largest absolute Gasteiger partial charge is 0.395 e. The molecule has 0 heterocycles. The van der Waals surface area contributed by atoms with Crippen LogP contribution in [0, 0.1) is 0 Å². The molecule has 13 heavy (non-hydrogen) atoms. The lowest BCUT2D eigenvalue weighted by Crippen LogP contribution is -2.39. The third-order valence-electron chi connectivity index (χ3n) is 2.13. The molecule has 0 aromatic heterocycles. The Labute approximate surface area is 86.5 Å². The van der Waals surface area contributed by atoms with E-state index in [1.165, 1.54) is 12.8 Å². The zero-order chi connectivity index (χ0) is 10.1. The van der Waals surface area contributed by atoms with E-state index in [1.54, 1.807) is 0 Å². The Balaban J connectivity index is 3.56. The summed E-state index contributed by atoms with van der Waals surface area (Å²) in [7, 11) is 0. The molecule has 3 heteroatoms. The molecular weight excluding hydrogens is 182 g/mol. The van der Waals surface area contributed by atoms with Crippen molar-refractivity contribution in [1.82, 2.24) is 5.32 Å². The SMILES string of the molecule is CCCC(C)NC(CO)CCSC. The van der Waals surface area contributed by atoms with Crippen molar-refractivity contribution in [2.75, 3.05) is 18.6 Å². The summed E-state index contributed by atoms with van der Waals surface area (Å²) >= 11 is 1.83. The van der Waals surface area contributed by atoms with E-state index in [4.69, 9.17) is 5.11 Å². The first-order chi connectivity index (χ1) is 6.24. The van der Waals surface area contributed by atoms with Crippen molar-refractivity contribution in [3.63, 3.8) is 0 Å². The summed E-state index contributed by atoms with van der Waals surface area (Å²) < 4.78 is 0. The molecule has 2 nitrogen and oxygen atoms in total. The van der Waals surface area contributed by atoms with Gasteiger partial charge in [0.05, 0.1) is 6.61 Å². The highest BCUT2D eigenvalue weighted by Gasteiger charge is 2.09. The molecular formula is C10H23NOS. The minimum Gasteiger partial charge on any atom is -0.395 e. The lowest BCUT2D eigenvalue weighted by atomic mass is 10.1. The summed E-state index contributed by atoms with van der Waals surface area (Å²) in [5.41, 5.74) is 0. The van der Waals surface area contributed by atoms with Gasteiger partial charge in [-0.15, -0.1) is 0 Å². The van der Waals surface area contributed by atoms with Gasteiger partial charge >= 0.3 is 0 Å². The summed E-state index contributed by atoms with van der Waals surface area (Å²) in [5.74, 6) is 1.12. The molecule has 0 rings (SSSR count). The van der Waals surface area contributed by atoms with Crippen molar-refractivity contribution in [2.24, 2.45) is 0 Å². The first-order valence-corrected chi connectivity index (χ1v) is 6.49. The maximum absolute atomic E-state index is 9.10. The molecule has 0 fully saturated rings. The van der Waals surface area contributed by atoms with Gasteiger partial charge in [-0.05, 0) is 31.8 Å². The fourth-order valence-corrected chi connectivity index (χ4v) is 1.93. The van der Waals surface area contributed by atoms with Crippen LogP contribution < -0.4 is 5.32 Å². The molecule has 0 radical (unpaired) electrons. The smallest absolute Gasteiger partial charge is 0.0585 e. The normalized spacial score (nSPS) is 15.7. The molecule has 2 atom stereocenters. The topological polar surface area (TPSA) is 32.3 Å². The molecule has 0 aromatic rings. The van der Waals surface area contributed by atoms with E-state index in [0.717, 1.165) is 12.2 Å². The number of aliphatic hydroxyl groups excluding tert-OH is 1. The van der Waals surface area contributed by atoms with Crippen molar-refractivity contribution in [3.05, 3.63) is 0 Å². The van der Waals surface area contributed by atoms with Gasteiger partial charge in [-0.3, -0.25) is 0 Å². The Kier molecular flexibility index (Phi) is 9.03. The molecule has 0 aliphatic rings. The predicted octanol–water partition coefficient (Wildman–Crippen LogP) is 1.88. The van der Waals surface area contributed by atoms with E-state index in [0.29, 0.717) is 6.04 Å². The molecule has 2 N–H and O–H groups in total. The Morgan fingerprint density at radius 3 is 2.54 bits per heavy atom. The molecule has 0 amide bonds. The molecule has 0 saturated carbocycles. The maximum Gasteiger partial charge on any atom is 0.0585 e. The lowest BCUT2D eigenvalue weighted by Gasteiger charge is -2.20. The fourth-order valence-electron chi connectivity index (χ4n) is 1.41. The highest BCUT2D eigenvalue weighted by Crippen LogP contribution is 2.03. The molecule has 0 aromatic carbocycles. The van der Waals surface area contributed by atoms with Crippen molar-refractivity contribution < 1.29 is 5.11 Å². The van der Waals surface area contributed by atoms with E-state index < -0.39 is 0 Å². The minimum absolute atomic E-state index is 0.259. The molecule has 0 saturated heterocycles. The van der Waals surface area contributed by atoms with Crippen molar-refractivity contribution in [2.45, 2.75) is 45.2 Å². The minimum atomic E-state index is 0.259. The average molecular weight is 205 g/mol. The summed E-state index contributed by atoms with van der Waals surface area (Å²) in [6.07, 6.45) is 5.56. The van der Waals surface area contributed by atoms with Crippen LogP contribution in [0.5, 0.6) is 0 Å². The van der Waals surface area contributed by atoms with Crippen molar-refractivity contribution in [3.8, 4) is 0 Å². The highest BCUT2D eigenvalue weighted by molar-refractivity contribution is 7.98. The zero-order valence-electron chi connectivity index (χ0n) is 9.05. The van der Waals surface area contributed by atoms with Crippen LogP contribution in [0.25, 0.3) is 0 Å². The summed E-state index contributed by atoms with van der Waals surface area (Å²) in [4.78, 5) is 0. The number of hydrogen-bond donors (Lipinski definition) is 2. The summed E-state index contributed by atoms with van der Waals surface area (Å²) in [6, 6.07) is 0.818. The molecule has 0 bridgehead atoms. The van der Waals surface area contributed by atoms with Gasteiger partial charge in [0, 0.05) is 12.1 Å². The third-order valence-corrected chi connectivity index (χ3v) is 2.78. The van der Waals surface area contributed by atoms with Crippen LogP contribution in [0.15, 0.2) is 0 Å². The monoisotopic (exact) mass is 205 g/mol. The van der Waals surface area contributed by atoms with Crippen LogP contribution in [-0.4, -0.2) is 35.8 Å². The quantitative estimate of drug-likeness (QED) is 0.634. The standard InChI is InChI=1S/C10H23NOS/c1-4-5-9(2)11-10(8-12)6-7-13-3/h9-12H,4-8H2,1-3H3. The zero-order valence-corrected chi connectivity index (χ0v) is 9.86. The predicted molar refractivity (Wildman–Crippen MR) is 61.4 cm³/mol. The first-order valence-electron chi connectivity index (χ1n) is 5.10. The van der Waals surface area contributed by atoms with Crippen LogP contribution >= 0.6 is 11.8 Å². The number of nitrogens with one attached hydrogen (secondary N) is 1. The van der Waals surface area contributed by atoms with Crippen molar-refractivity contribution >= 4 is 11.8 Å². The van der Waals surface area contributed by atoms with E-state index in [-0.39, 0.29) is 12.6 Å². The van der Waals surface area contributed by atoms with Crippen LogP contribution in [-0.2, 0) is 0 Å². The summed E-state index contributed by atoms with van der Waals surface area (Å²) in [5, 5.41) is 12.5. The number of hydrogen-bond acceptors (Lipinski definition) is 3. The molecule has 2 unspecified atom stereocenters. The Hall–Kier alpha value is 0.270. The fraction of sp³-hybridized carbons (Fsp3) is 1.00. The van der Waals surface area contributed by atoms with Gasteiger partial charge in [-0.25, -0.2) is 0 Å². The van der Waals surface area contributed by atoms with Crippen LogP contribution in [0.2, 0.25) is 0 Å². The van der Waals surface area contributed by atoms with Crippen molar-refractivity contribution in [1.29, 1.82) is 0 Å². The molecule has 0 aliphatic heterocycles. The van der Waals surface area contributed by atoms with E-state index in [1.807, 2.05) is 11.8 Å². The first kappa shape index (κ1) is 13.3. The van der Waals surface area contributed by atoms with E-state index in [2.05, 4.69) is 25.4 Å². The van der Waals surface area contributed by atoms with Gasteiger partial charge in [0.1, 0.15) is 0 Å². The summed E-state index contributed by atoms with van der Waals surface area (Å²) in [6.45, 7) is 4.63. The second-order valence-electron chi connectivity index (χ2n) is 3.52. The molecule has 80 valence electrons.